The summed E-state index contributed by atoms with van der Waals surface area (Å²) in [6.07, 6.45) is 2.62. The molecule has 0 amide bonds. The summed E-state index contributed by atoms with van der Waals surface area (Å²) in [6, 6.07) is 1.18. The van der Waals surface area contributed by atoms with Gasteiger partial charge in [-0.1, -0.05) is 0 Å². The minimum Gasteiger partial charge on any atom is -0.354 e. The maximum atomic E-state index is 5.87. The molecule has 1 atom stereocenters. The fourth-order valence-electron chi connectivity index (χ4n) is 1.89. The van der Waals surface area contributed by atoms with Crippen LogP contribution in [0.25, 0.3) is 0 Å². The van der Waals surface area contributed by atoms with Crippen molar-refractivity contribution >= 4 is 23.5 Å². The first-order chi connectivity index (χ1) is 9.10. The van der Waals surface area contributed by atoms with E-state index in [9.17, 15) is 0 Å². The third kappa shape index (κ3) is 4.18. The van der Waals surface area contributed by atoms with E-state index < -0.39 is 0 Å². The first kappa shape index (κ1) is 14.3. The molecule has 1 unspecified atom stereocenters. The lowest BCUT2D eigenvalue weighted by Crippen LogP contribution is -2.36. The van der Waals surface area contributed by atoms with Gasteiger partial charge in [-0.3, -0.25) is 4.90 Å². The van der Waals surface area contributed by atoms with Gasteiger partial charge in [-0.2, -0.15) is 15.0 Å². The van der Waals surface area contributed by atoms with E-state index in [0.717, 1.165) is 19.1 Å². The molecule has 7 heteroatoms. The molecule has 0 saturated heterocycles. The maximum Gasteiger partial charge on any atom is 0.228 e. The molecule has 1 aliphatic carbocycles. The van der Waals surface area contributed by atoms with Gasteiger partial charge in [0.15, 0.2) is 0 Å². The number of halogens is 1. The minimum absolute atomic E-state index is 0.205. The lowest BCUT2D eigenvalue weighted by atomic mass is 10.3. The summed E-state index contributed by atoms with van der Waals surface area (Å²) in [5.41, 5.74) is 0. The van der Waals surface area contributed by atoms with Crippen molar-refractivity contribution in [1.29, 1.82) is 0 Å². The van der Waals surface area contributed by atoms with Gasteiger partial charge in [0.05, 0.1) is 0 Å². The highest BCUT2D eigenvalue weighted by Crippen LogP contribution is 2.26. The molecule has 1 aliphatic rings. The molecule has 1 aromatic heterocycles. The van der Waals surface area contributed by atoms with Crippen LogP contribution in [0, 0.1) is 0 Å². The van der Waals surface area contributed by atoms with E-state index in [1.807, 2.05) is 6.92 Å². The first-order valence-electron chi connectivity index (χ1n) is 6.71. The Morgan fingerprint density at radius 1 is 1.26 bits per heavy atom. The van der Waals surface area contributed by atoms with Gasteiger partial charge in [0.1, 0.15) is 0 Å². The smallest absolute Gasteiger partial charge is 0.228 e. The van der Waals surface area contributed by atoms with Crippen LogP contribution in [0.2, 0.25) is 5.28 Å². The molecule has 19 heavy (non-hydrogen) atoms. The van der Waals surface area contributed by atoms with Crippen molar-refractivity contribution in [3.8, 4) is 0 Å². The van der Waals surface area contributed by atoms with E-state index in [1.54, 1.807) is 0 Å². The topological polar surface area (TPSA) is 66.0 Å². The predicted octanol–water partition coefficient (Wildman–Crippen LogP) is 1.85. The molecule has 0 radical (unpaired) electrons. The number of aromatic nitrogens is 3. The maximum absolute atomic E-state index is 5.87. The summed E-state index contributed by atoms with van der Waals surface area (Å²) in [4.78, 5) is 14.7. The van der Waals surface area contributed by atoms with Crippen LogP contribution in [0.5, 0.6) is 0 Å². The highest BCUT2D eigenvalue weighted by molar-refractivity contribution is 6.28. The molecule has 106 valence electrons. The number of rotatable bonds is 7. The van der Waals surface area contributed by atoms with Crippen LogP contribution in [0.4, 0.5) is 11.9 Å². The molecule has 2 N–H and O–H groups in total. The van der Waals surface area contributed by atoms with Crippen molar-refractivity contribution in [2.45, 2.75) is 38.8 Å². The highest BCUT2D eigenvalue weighted by atomic mass is 35.5. The van der Waals surface area contributed by atoms with Crippen LogP contribution >= 0.6 is 11.6 Å². The second kappa shape index (κ2) is 6.34. The van der Waals surface area contributed by atoms with Crippen LogP contribution in [0.3, 0.4) is 0 Å². The van der Waals surface area contributed by atoms with E-state index in [2.05, 4.69) is 44.5 Å². The van der Waals surface area contributed by atoms with Crippen LogP contribution in [-0.2, 0) is 0 Å². The standard InChI is InChI=1S/C12H21ClN6/c1-4-14-11-16-10(13)17-12(18-11)15-7-8(2)19(3)9-5-6-9/h8-9H,4-7H2,1-3H3,(H2,14,15,16,17,18). The number of anilines is 2. The van der Waals surface area contributed by atoms with Gasteiger partial charge in [0.2, 0.25) is 17.2 Å². The summed E-state index contributed by atoms with van der Waals surface area (Å²) in [6.45, 7) is 5.72. The second-order valence-electron chi connectivity index (χ2n) is 4.91. The van der Waals surface area contributed by atoms with Gasteiger partial charge < -0.3 is 10.6 Å². The Morgan fingerprint density at radius 3 is 2.47 bits per heavy atom. The lowest BCUT2D eigenvalue weighted by molar-refractivity contribution is 0.257. The van der Waals surface area contributed by atoms with Gasteiger partial charge in [-0.25, -0.2) is 0 Å². The van der Waals surface area contributed by atoms with Crippen molar-refractivity contribution in [1.82, 2.24) is 19.9 Å². The normalized spacial score (nSPS) is 16.5. The average molecular weight is 285 g/mol. The van der Waals surface area contributed by atoms with E-state index in [1.165, 1.54) is 12.8 Å². The molecule has 6 nitrogen and oxygen atoms in total. The Balaban J connectivity index is 1.90. The molecule has 1 fully saturated rings. The molecular weight excluding hydrogens is 264 g/mol. The van der Waals surface area contributed by atoms with Crippen molar-refractivity contribution in [3.63, 3.8) is 0 Å². The van der Waals surface area contributed by atoms with Crippen molar-refractivity contribution in [3.05, 3.63) is 5.28 Å². The predicted molar refractivity (Wildman–Crippen MR) is 77.7 cm³/mol. The second-order valence-corrected chi connectivity index (χ2v) is 5.25. The molecular formula is C12H21ClN6. The fraction of sp³-hybridized carbons (Fsp3) is 0.750. The largest absolute Gasteiger partial charge is 0.354 e. The minimum atomic E-state index is 0.205. The average Bonchev–Trinajstić information content (AvgIpc) is 3.19. The molecule has 1 saturated carbocycles. The van der Waals surface area contributed by atoms with E-state index in [4.69, 9.17) is 11.6 Å². The van der Waals surface area contributed by atoms with Crippen LogP contribution in [0.15, 0.2) is 0 Å². The summed E-state index contributed by atoms with van der Waals surface area (Å²) in [5, 5.41) is 6.45. The molecule has 0 aliphatic heterocycles. The number of likely N-dealkylation sites (N-methyl/N-ethyl adjacent to an activating group) is 1. The molecule has 2 rings (SSSR count). The summed E-state index contributed by atoms with van der Waals surface area (Å²) >= 11 is 5.87. The Bertz CT molecular complexity index is 423. The summed E-state index contributed by atoms with van der Waals surface area (Å²) in [5.74, 6) is 1.03. The van der Waals surface area contributed by atoms with Crippen LogP contribution < -0.4 is 10.6 Å². The number of nitrogens with one attached hydrogen (secondary N) is 2. The quantitative estimate of drug-likeness (QED) is 0.797. The van der Waals surface area contributed by atoms with Gasteiger partial charge in [-0.15, -0.1) is 0 Å². The molecule has 1 heterocycles. The molecule has 0 bridgehead atoms. The van der Waals surface area contributed by atoms with Gasteiger partial charge in [0.25, 0.3) is 0 Å². The fourth-order valence-corrected chi connectivity index (χ4v) is 2.05. The number of nitrogens with zero attached hydrogens (tertiary/aromatic N) is 4. The van der Waals surface area contributed by atoms with Gasteiger partial charge in [0, 0.05) is 25.2 Å². The van der Waals surface area contributed by atoms with Gasteiger partial charge >= 0.3 is 0 Å². The van der Waals surface area contributed by atoms with E-state index in [-0.39, 0.29) is 5.28 Å². The van der Waals surface area contributed by atoms with Crippen LogP contribution in [-0.4, -0.2) is 52.1 Å². The molecule has 1 aromatic rings. The van der Waals surface area contributed by atoms with E-state index in [0.29, 0.717) is 17.9 Å². The van der Waals surface area contributed by atoms with Crippen molar-refractivity contribution < 1.29 is 0 Å². The Kier molecular flexibility index (Phi) is 4.76. The number of hydrogen-bond donors (Lipinski definition) is 2. The zero-order valence-electron chi connectivity index (χ0n) is 11.6. The van der Waals surface area contributed by atoms with Crippen LogP contribution in [0.1, 0.15) is 26.7 Å². The monoisotopic (exact) mass is 284 g/mol. The zero-order valence-corrected chi connectivity index (χ0v) is 12.4. The van der Waals surface area contributed by atoms with Gasteiger partial charge in [-0.05, 0) is 45.3 Å². The highest BCUT2D eigenvalue weighted by Gasteiger charge is 2.28. The van der Waals surface area contributed by atoms with Crippen molar-refractivity contribution in [2.24, 2.45) is 0 Å². The lowest BCUT2D eigenvalue weighted by Gasteiger charge is -2.24. The molecule has 0 aromatic carbocycles. The first-order valence-corrected chi connectivity index (χ1v) is 7.09. The third-order valence-corrected chi connectivity index (χ3v) is 3.49. The third-order valence-electron chi connectivity index (χ3n) is 3.32. The Hall–Kier alpha value is -1.14. The van der Waals surface area contributed by atoms with E-state index >= 15 is 0 Å². The molecule has 0 spiro atoms. The Labute approximate surface area is 119 Å². The Morgan fingerprint density at radius 2 is 1.89 bits per heavy atom. The summed E-state index contributed by atoms with van der Waals surface area (Å²) in [7, 11) is 2.16. The van der Waals surface area contributed by atoms with Crippen molar-refractivity contribution in [2.75, 3.05) is 30.8 Å². The zero-order chi connectivity index (χ0) is 13.8. The summed E-state index contributed by atoms with van der Waals surface area (Å²) < 4.78 is 0. The SMILES string of the molecule is CCNc1nc(Cl)nc(NCC(C)N(C)C2CC2)n1. The number of hydrogen-bond acceptors (Lipinski definition) is 6.